The van der Waals surface area contributed by atoms with Crippen molar-refractivity contribution < 1.29 is 9.18 Å². The molecule has 2 aromatic carbocycles. The number of carbonyl (C=O) groups excluding carboxylic acids is 1. The molecule has 1 aromatic heterocycles. The lowest BCUT2D eigenvalue weighted by molar-refractivity contribution is 0.0993. The molecule has 0 aliphatic heterocycles. The van der Waals surface area contributed by atoms with E-state index in [1.165, 1.54) is 6.07 Å². The Morgan fingerprint density at radius 1 is 1.05 bits per heavy atom. The van der Waals surface area contributed by atoms with Crippen LogP contribution in [0.3, 0.4) is 0 Å². The number of fused-ring (bicyclic) bond motifs is 1. The average Bonchev–Trinajstić information content (AvgIpc) is 2.50. The van der Waals surface area contributed by atoms with Gasteiger partial charge in [-0.05, 0) is 51.8 Å². The summed E-state index contributed by atoms with van der Waals surface area (Å²) in [6.45, 7) is 0. The summed E-state index contributed by atoms with van der Waals surface area (Å²) in [6, 6.07) is 9.81. The fraction of sp³-hybridized carbons (Fsp3) is 0.0625. The summed E-state index contributed by atoms with van der Waals surface area (Å²) < 4.78 is 13.5. The highest BCUT2D eigenvalue weighted by molar-refractivity contribution is 9.10. The van der Waals surface area contributed by atoms with Crippen LogP contribution >= 0.6 is 15.9 Å². The second kappa shape index (κ2) is 5.69. The standard InChI is InChI=1S/C16H10BrFN2O/c17-12-7-10(1-3-13(12)18)8-16(21)11-2-4-14-15(9-11)20-6-5-19-14/h1-7,9H,8H2. The van der Waals surface area contributed by atoms with Gasteiger partial charge in [0, 0.05) is 24.4 Å². The minimum Gasteiger partial charge on any atom is -0.294 e. The molecule has 0 spiro atoms. The van der Waals surface area contributed by atoms with Gasteiger partial charge in [-0.25, -0.2) is 4.39 Å². The fourth-order valence-electron chi connectivity index (χ4n) is 2.07. The molecular formula is C16H10BrFN2O. The van der Waals surface area contributed by atoms with Crippen LogP contribution < -0.4 is 0 Å². The van der Waals surface area contributed by atoms with Crippen LogP contribution in [0.1, 0.15) is 15.9 Å². The Kier molecular flexibility index (Phi) is 3.75. The Balaban J connectivity index is 1.87. The van der Waals surface area contributed by atoms with Crippen LogP contribution in [0.25, 0.3) is 11.0 Å². The largest absolute Gasteiger partial charge is 0.294 e. The second-order valence-electron chi connectivity index (χ2n) is 4.61. The van der Waals surface area contributed by atoms with E-state index in [4.69, 9.17) is 0 Å². The van der Waals surface area contributed by atoms with Crippen molar-refractivity contribution in [3.8, 4) is 0 Å². The lowest BCUT2D eigenvalue weighted by Gasteiger charge is -2.04. The highest BCUT2D eigenvalue weighted by atomic mass is 79.9. The number of benzene rings is 2. The summed E-state index contributed by atoms with van der Waals surface area (Å²) in [4.78, 5) is 20.6. The summed E-state index contributed by atoms with van der Waals surface area (Å²) >= 11 is 3.12. The van der Waals surface area contributed by atoms with Crippen LogP contribution in [-0.4, -0.2) is 15.8 Å². The fourth-order valence-corrected chi connectivity index (χ4v) is 2.50. The van der Waals surface area contributed by atoms with E-state index in [1.807, 2.05) is 0 Å². The Bertz CT molecular complexity index is 835. The van der Waals surface area contributed by atoms with Crippen LogP contribution in [-0.2, 0) is 6.42 Å². The van der Waals surface area contributed by atoms with E-state index in [2.05, 4.69) is 25.9 Å². The smallest absolute Gasteiger partial charge is 0.167 e. The van der Waals surface area contributed by atoms with Gasteiger partial charge in [-0.1, -0.05) is 6.07 Å². The number of ketones is 1. The van der Waals surface area contributed by atoms with Crippen LogP contribution in [0, 0.1) is 5.82 Å². The minimum atomic E-state index is -0.341. The second-order valence-corrected chi connectivity index (χ2v) is 5.46. The maximum Gasteiger partial charge on any atom is 0.167 e. The van der Waals surface area contributed by atoms with E-state index in [0.717, 1.165) is 11.1 Å². The normalized spacial score (nSPS) is 10.8. The zero-order valence-corrected chi connectivity index (χ0v) is 12.5. The van der Waals surface area contributed by atoms with Gasteiger partial charge in [0.2, 0.25) is 0 Å². The van der Waals surface area contributed by atoms with Crippen LogP contribution in [0.2, 0.25) is 0 Å². The van der Waals surface area contributed by atoms with Gasteiger partial charge in [0.15, 0.2) is 5.78 Å². The van der Waals surface area contributed by atoms with Gasteiger partial charge in [-0.2, -0.15) is 0 Å². The molecule has 0 N–H and O–H groups in total. The molecule has 0 atom stereocenters. The molecule has 5 heteroatoms. The van der Waals surface area contributed by atoms with E-state index in [1.54, 1.807) is 42.7 Å². The maximum atomic E-state index is 13.2. The molecule has 0 fully saturated rings. The number of carbonyl (C=O) groups is 1. The summed E-state index contributed by atoms with van der Waals surface area (Å²) in [5.74, 6) is -0.381. The van der Waals surface area contributed by atoms with Crippen molar-refractivity contribution in [3.05, 3.63) is 70.2 Å². The molecule has 0 amide bonds. The first kappa shape index (κ1) is 13.8. The molecule has 0 aliphatic carbocycles. The summed E-state index contributed by atoms with van der Waals surface area (Å²) in [7, 11) is 0. The lowest BCUT2D eigenvalue weighted by Crippen LogP contribution is -2.04. The predicted octanol–water partition coefficient (Wildman–Crippen LogP) is 3.96. The molecule has 1 heterocycles. The van der Waals surface area contributed by atoms with Crippen molar-refractivity contribution in [3.63, 3.8) is 0 Å². The topological polar surface area (TPSA) is 42.9 Å². The SMILES string of the molecule is O=C(Cc1ccc(F)c(Br)c1)c1ccc2nccnc2c1. The van der Waals surface area contributed by atoms with Crippen LogP contribution in [0.4, 0.5) is 4.39 Å². The summed E-state index contributed by atoms with van der Waals surface area (Å²) in [5, 5.41) is 0. The molecule has 0 saturated carbocycles. The molecule has 104 valence electrons. The Hall–Kier alpha value is -2.14. The Labute approximate surface area is 129 Å². The zero-order chi connectivity index (χ0) is 14.8. The third-order valence-corrected chi connectivity index (χ3v) is 3.75. The predicted molar refractivity (Wildman–Crippen MR) is 81.7 cm³/mol. The number of hydrogen-bond acceptors (Lipinski definition) is 3. The van der Waals surface area contributed by atoms with Gasteiger partial charge in [0.25, 0.3) is 0 Å². The first-order chi connectivity index (χ1) is 10.1. The Morgan fingerprint density at radius 3 is 2.57 bits per heavy atom. The van der Waals surface area contributed by atoms with Gasteiger partial charge < -0.3 is 0 Å². The molecule has 0 bridgehead atoms. The van der Waals surface area contributed by atoms with E-state index in [9.17, 15) is 9.18 Å². The summed E-state index contributed by atoms with van der Waals surface area (Å²) in [5.41, 5.74) is 2.76. The molecule has 0 aliphatic rings. The van der Waals surface area contributed by atoms with Crippen LogP contribution in [0.5, 0.6) is 0 Å². The quantitative estimate of drug-likeness (QED) is 0.675. The third-order valence-electron chi connectivity index (χ3n) is 3.14. The number of nitrogens with zero attached hydrogens (tertiary/aromatic N) is 2. The molecule has 0 radical (unpaired) electrons. The van der Waals surface area contributed by atoms with Gasteiger partial charge >= 0.3 is 0 Å². The van der Waals surface area contributed by atoms with Crippen LogP contribution in [0.15, 0.2) is 53.3 Å². The highest BCUT2D eigenvalue weighted by Gasteiger charge is 2.10. The van der Waals surface area contributed by atoms with Gasteiger partial charge in [0.05, 0.1) is 15.5 Å². The lowest BCUT2D eigenvalue weighted by atomic mass is 10.0. The van der Waals surface area contributed by atoms with E-state index < -0.39 is 0 Å². The first-order valence-corrected chi connectivity index (χ1v) is 7.11. The van der Waals surface area contributed by atoms with Crippen molar-refractivity contribution in [2.75, 3.05) is 0 Å². The van der Waals surface area contributed by atoms with Crippen molar-refractivity contribution in [1.29, 1.82) is 0 Å². The Morgan fingerprint density at radius 2 is 1.81 bits per heavy atom. The number of aromatic nitrogens is 2. The van der Waals surface area contributed by atoms with Gasteiger partial charge in [-0.15, -0.1) is 0 Å². The molecule has 3 rings (SSSR count). The zero-order valence-electron chi connectivity index (χ0n) is 10.9. The summed E-state index contributed by atoms with van der Waals surface area (Å²) in [6.07, 6.45) is 3.41. The molecule has 3 aromatic rings. The van der Waals surface area contributed by atoms with Crippen molar-refractivity contribution in [2.45, 2.75) is 6.42 Å². The van der Waals surface area contributed by atoms with E-state index in [0.29, 0.717) is 15.6 Å². The van der Waals surface area contributed by atoms with Crippen molar-refractivity contribution >= 4 is 32.7 Å². The van der Waals surface area contributed by atoms with E-state index >= 15 is 0 Å². The highest BCUT2D eigenvalue weighted by Crippen LogP contribution is 2.19. The third kappa shape index (κ3) is 2.97. The molecule has 0 unspecified atom stereocenters. The van der Waals surface area contributed by atoms with Crippen molar-refractivity contribution in [2.24, 2.45) is 0 Å². The van der Waals surface area contributed by atoms with Crippen molar-refractivity contribution in [1.82, 2.24) is 9.97 Å². The first-order valence-electron chi connectivity index (χ1n) is 6.31. The monoisotopic (exact) mass is 344 g/mol. The number of rotatable bonds is 3. The minimum absolute atomic E-state index is 0.0407. The van der Waals surface area contributed by atoms with E-state index in [-0.39, 0.29) is 18.0 Å². The number of Topliss-reactive ketones (excluding diaryl/α,β-unsaturated/α-hetero) is 1. The molecule has 21 heavy (non-hydrogen) atoms. The molecule has 3 nitrogen and oxygen atoms in total. The number of hydrogen-bond donors (Lipinski definition) is 0. The number of halogens is 2. The molecular weight excluding hydrogens is 335 g/mol. The van der Waals surface area contributed by atoms with Gasteiger partial charge in [-0.3, -0.25) is 14.8 Å². The molecule has 0 saturated heterocycles. The average molecular weight is 345 g/mol. The van der Waals surface area contributed by atoms with Gasteiger partial charge in [0.1, 0.15) is 5.82 Å². The maximum absolute atomic E-state index is 13.2.